The molecule has 0 aliphatic heterocycles. The van der Waals surface area contributed by atoms with Crippen molar-refractivity contribution < 1.29 is 9.59 Å². The van der Waals surface area contributed by atoms with Gasteiger partial charge in [-0.3, -0.25) is 9.59 Å². The lowest BCUT2D eigenvalue weighted by molar-refractivity contribution is 0.0925. The van der Waals surface area contributed by atoms with Crippen molar-refractivity contribution in [3.05, 3.63) is 130 Å². The molecule has 2 aromatic rings. The smallest absolute Gasteiger partial charge is 0.252 e. The van der Waals surface area contributed by atoms with Gasteiger partial charge in [-0.1, -0.05) is 94.2 Å². The van der Waals surface area contributed by atoms with Gasteiger partial charge in [-0.05, 0) is 131 Å². The second-order valence-corrected chi connectivity index (χ2v) is 16.2. The van der Waals surface area contributed by atoms with Gasteiger partial charge < -0.3 is 10.6 Å². The Morgan fingerprint density at radius 3 is 1.17 bits per heavy atom. The number of carbonyl (C=O) groups excluding carboxylic acids is 2. The highest BCUT2D eigenvalue weighted by Gasteiger charge is 2.13. The highest BCUT2D eigenvalue weighted by molar-refractivity contribution is 7.99. The van der Waals surface area contributed by atoms with Crippen molar-refractivity contribution in [3.8, 4) is 0 Å². The maximum atomic E-state index is 13.1. The van der Waals surface area contributed by atoms with Crippen LogP contribution in [0.2, 0.25) is 0 Å². The van der Waals surface area contributed by atoms with Gasteiger partial charge in [0.25, 0.3) is 11.8 Å². The van der Waals surface area contributed by atoms with Gasteiger partial charge in [0.1, 0.15) is 0 Å². The minimum atomic E-state index is -0.126. The molecule has 0 saturated heterocycles. The molecule has 282 valence electrons. The van der Waals surface area contributed by atoms with E-state index in [1.165, 1.54) is 33.4 Å². The molecule has 0 aromatic heterocycles. The zero-order valence-electron chi connectivity index (χ0n) is 33.2. The number of allylic oxidation sites excluding steroid dienone is 10. The quantitative estimate of drug-likeness (QED) is 0.0677. The van der Waals surface area contributed by atoms with Crippen LogP contribution in [0.4, 0.5) is 0 Å². The zero-order chi connectivity index (χ0) is 38.1. The lowest BCUT2D eigenvalue weighted by atomic mass is 10.1. The number of benzene rings is 2. The van der Waals surface area contributed by atoms with Gasteiger partial charge in [-0.15, -0.1) is 23.5 Å². The lowest BCUT2D eigenvalue weighted by Crippen LogP contribution is -2.35. The summed E-state index contributed by atoms with van der Waals surface area (Å²) in [5.41, 5.74) is 9.72. The van der Waals surface area contributed by atoms with Crippen LogP contribution in [0.1, 0.15) is 127 Å². The number of hydrogen-bond donors (Lipinski definition) is 2. The molecule has 2 rings (SSSR count). The molecule has 2 amide bonds. The van der Waals surface area contributed by atoms with Crippen LogP contribution in [-0.2, 0) is 0 Å². The number of hydrogen-bond acceptors (Lipinski definition) is 4. The molecule has 0 heterocycles. The highest BCUT2D eigenvalue weighted by atomic mass is 32.2. The van der Waals surface area contributed by atoms with Crippen molar-refractivity contribution in [1.29, 1.82) is 0 Å². The largest absolute Gasteiger partial charge is 0.350 e. The molecular formula is C46H64N2O2S2. The molecule has 0 spiro atoms. The fraction of sp³-hybridized carbons (Fsp3) is 0.435. The number of nitrogens with one attached hydrogen (secondary N) is 2. The molecule has 0 fully saturated rings. The standard InChI is InChI=1S/C46H64N2O2S2/c1-35(2)17-13-19-37(5)21-15-23-39(7)29-33-51-43-27-11-9-25-41(43)45(49)47-31-32-48-46(50)42-26-10-12-28-44(42)52-34-30-40(8)24-16-22-38(6)20-14-18-36(3)4/h9-12,17-18,21-22,25-30H,13-16,19-20,23-24,31-34H2,1-8H3,(H,47,49)(H,48,50)/b37-21+,38-22+,39-29+,40-30+. The summed E-state index contributed by atoms with van der Waals surface area (Å²) in [4.78, 5) is 28.1. The summed E-state index contributed by atoms with van der Waals surface area (Å²) in [7, 11) is 0. The normalized spacial score (nSPS) is 12.4. The summed E-state index contributed by atoms with van der Waals surface area (Å²) in [6.07, 6.45) is 22.5. The third-order valence-corrected chi connectivity index (χ3v) is 10.5. The average Bonchev–Trinajstić information content (AvgIpc) is 3.10. The van der Waals surface area contributed by atoms with Gasteiger partial charge in [-0.25, -0.2) is 0 Å². The van der Waals surface area contributed by atoms with Crippen molar-refractivity contribution in [1.82, 2.24) is 10.6 Å². The van der Waals surface area contributed by atoms with Gasteiger partial charge in [0, 0.05) is 34.4 Å². The molecule has 0 radical (unpaired) electrons. The molecule has 6 heteroatoms. The topological polar surface area (TPSA) is 58.2 Å². The maximum Gasteiger partial charge on any atom is 0.252 e. The van der Waals surface area contributed by atoms with Crippen molar-refractivity contribution in [2.45, 2.75) is 117 Å². The minimum Gasteiger partial charge on any atom is -0.350 e. The van der Waals surface area contributed by atoms with Crippen molar-refractivity contribution in [3.63, 3.8) is 0 Å². The van der Waals surface area contributed by atoms with E-state index in [-0.39, 0.29) is 11.8 Å². The van der Waals surface area contributed by atoms with Crippen molar-refractivity contribution in [2.75, 3.05) is 24.6 Å². The second-order valence-electron chi connectivity index (χ2n) is 14.0. The molecule has 2 N–H and O–H groups in total. The first-order chi connectivity index (χ1) is 25.0. The first-order valence-corrected chi connectivity index (χ1v) is 20.8. The number of carbonyl (C=O) groups is 2. The van der Waals surface area contributed by atoms with Crippen LogP contribution < -0.4 is 10.6 Å². The van der Waals surface area contributed by atoms with Crippen LogP contribution in [0.3, 0.4) is 0 Å². The van der Waals surface area contributed by atoms with Crippen molar-refractivity contribution in [2.24, 2.45) is 0 Å². The van der Waals surface area contributed by atoms with E-state index < -0.39 is 0 Å². The fourth-order valence-corrected chi connectivity index (χ4v) is 7.40. The van der Waals surface area contributed by atoms with Crippen molar-refractivity contribution >= 4 is 35.3 Å². The molecule has 0 bridgehead atoms. The maximum absolute atomic E-state index is 13.1. The van der Waals surface area contributed by atoms with E-state index in [4.69, 9.17) is 0 Å². The SMILES string of the molecule is CC(C)=CCC/C(C)=C/CC/C(C)=C/CSc1ccccc1C(=O)NCCNC(=O)c1ccccc1SC/C=C(\C)CC/C=C(\C)CCC=C(C)C. The van der Waals surface area contributed by atoms with Crippen LogP contribution in [0.25, 0.3) is 0 Å². The minimum absolute atomic E-state index is 0.126. The first kappa shape index (κ1) is 44.7. The molecule has 0 saturated carbocycles. The number of rotatable bonds is 23. The third-order valence-electron chi connectivity index (χ3n) is 8.55. The van der Waals surface area contributed by atoms with E-state index in [1.807, 2.05) is 48.5 Å². The van der Waals surface area contributed by atoms with Crippen LogP contribution in [-0.4, -0.2) is 36.4 Å². The van der Waals surface area contributed by atoms with Gasteiger partial charge in [0.2, 0.25) is 0 Å². The summed E-state index contributed by atoms with van der Waals surface area (Å²) < 4.78 is 0. The van der Waals surface area contributed by atoms with E-state index in [0.29, 0.717) is 24.2 Å². The van der Waals surface area contributed by atoms with Gasteiger partial charge in [-0.2, -0.15) is 0 Å². The Bertz CT molecular complexity index is 1480. The fourth-order valence-electron chi connectivity index (χ4n) is 5.33. The summed E-state index contributed by atoms with van der Waals surface area (Å²) in [6.45, 7) is 18.1. The summed E-state index contributed by atoms with van der Waals surface area (Å²) >= 11 is 3.35. The Morgan fingerprint density at radius 2 is 0.808 bits per heavy atom. The number of amides is 2. The first-order valence-electron chi connectivity index (χ1n) is 18.9. The molecule has 0 unspecified atom stereocenters. The summed E-state index contributed by atoms with van der Waals surface area (Å²) in [6, 6.07) is 15.5. The van der Waals surface area contributed by atoms with Gasteiger partial charge in [0.05, 0.1) is 11.1 Å². The van der Waals surface area contributed by atoms with E-state index in [9.17, 15) is 9.59 Å². The van der Waals surface area contributed by atoms with E-state index in [1.54, 1.807) is 23.5 Å². The Hall–Kier alpha value is -3.48. The van der Waals surface area contributed by atoms with E-state index in [2.05, 4.69) is 102 Å². The monoisotopic (exact) mass is 740 g/mol. The predicted molar refractivity (Wildman–Crippen MR) is 230 cm³/mol. The Kier molecular flexibility index (Phi) is 22.6. The third kappa shape index (κ3) is 19.9. The zero-order valence-corrected chi connectivity index (χ0v) is 34.8. The molecular weight excluding hydrogens is 677 g/mol. The number of thioether (sulfide) groups is 2. The molecule has 0 aliphatic carbocycles. The molecule has 4 nitrogen and oxygen atoms in total. The highest BCUT2D eigenvalue weighted by Crippen LogP contribution is 2.25. The van der Waals surface area contributed by atoms with Crippen LogP contribution in [0.15, 0.2) is 128 Å². The van der Waals surface area contributed by atoms with Gasteiger partial charge >= 0.3 is 0 Å². The Labute approximate surface area is 324 Å². The van der Waals surface area contributed by atoms with Crippen LogP contribution in [0.5, 0.6) is 0 Å². The van der Waals surface area contributed by atoms with E-state index in [0.717, 1.165) is 72.7 Å². The molecule has 52 heavy (non-hydrogen) atoms. The van der Waals surface area contributed by atoms with E-state index >= 15 is 0 Å². The summed E-state index contributed by atoms with van der Waals surface area (Å²) in [5, 5.41) is 5.98. The molecule has 0 atom stereocenters. The lowest BCUT2D eigenvalue weighted by Gasteiger charge is -2.11. The Morgan fingerprint density at radius 1 is 0.481 bits per heavy atom. The van der Waals surface area contributed by atoms with Gasteiger partial charge in [0.15, 0.2) is 0 Å². The summed E-state index contributed by atoms with van der Waals surface area (Å²) in [5.74, 6) is 1.38. The van der Waals surface area contributed by atoms with Crippen LogP contribution in [0, 0.1) is 0 Å². The second kappa shape index (κ2) is 26.3. The Balaban J connectivity index is 1.78. The average molecular weight is 741 g/mol. The predicted octanol–water partition coefficient (Wildman–Crippen LogP) is 12.9. The molecule has 0 aliphatic rings. The van der Waals surface area contributed by atoms with Crippen LogP contribution >= 0.6 is 23.5 Å². The molecule has 2 aromatic carbocycles.